The highest BCUT2D eigenvalue weighted by Crippen LogP contribution is 2.32. The maximum absolute atomic E-state index is 13.8. The fourth-order valence-corrected chi connectivity index (χ4v) is 4.89. The van der Waals surface area contributed by atoms with Gasteiger partial charge in [-0.3, -0.25) is 9.59 Å². The Bertz CT molecular complexity index is 735. The van der Waals surface area contributed by atoms with Crippen molar-refractivity contribution in [2.45, 2.75) is 116 Å². The van der Waals surface area contributed by atoms with E-state index in [9.17, 15) is 19.2 Å². The third-order valence-corrected chi connectivity index (χ3v) is 6.79. The zero-order chi connectivity index (χ0) is 26.2. The largest absolute Gasteiger partial charge is 0.444 e. The van der Waals surface area contributed by atoms with E-state index in [1.54, 1.807) is 32.6 Å². The van der Waals surface area contributed by atoms with Gasteiger partial charge in [0.25, 0.3) is 0 Å². The highest BCUT2D eigenvalue weighted by atomic mass is 16.6. The van der Waals surface area contributed by atoms with Gasteiger partial charge in [0.15, 0.2) is 0 Å². The zero-order valence-electron chi connectivity index (χ0n) is 22.3. The molecule has 1 unspecified atom stereocenters. The Morgan fingerprint density at radius 3 is 2.43 bits per heavy atom. The van der Waals surface area contributed by atoms with E-state index in [0.29, 0.717) is 26.0 Å². The molecular weight excluding hydrogens is 450 g/mol. The molecule has 9 nitrogen and oxygen atoms in total. The average Bonchev–Trinajstić information content (AvgIpc) is 3.21. The van der Waals surface area contributed by atoms with Gasteiger partial charge in [0.05, 0.1) is 12.1 Å². The molecule has 2 rings (SSSR count). The van der Waals surface area contributed by atoms with Gasteiger partial charge in [0.1, 0.15) is 24.0 Å². The molecule has 9 heteroatoms. The standard InChI is InChI=1S/C26H45N3O6/c1-17(2)20-13-14-29-22(20)23(31)27-19(16-30)12-10-8-7-9-11-15-34-18(3)21(24(29)32)28-25(33)35-26(4,5)6/h16-22H,7-15H2,1-6H3,(H,27,31)(H,28,33)/t18-,19-,20?,21-,22-/m0/s1. The molecule has 0 saturated carbocycles. The van der Waals surface area contributed by atoms with Crippen LogP contribution in [0, 0.1) is 11.8 Å². The number of ether oxygens (including phenoxy) is 2. The van der Waals surface area contributed by atoms with Crippen LogP contribution in [0.25, 0.3) is 0 Å². The lowest BCUT2D eigenvalue weighted by molar-refractivity contribution is -0.144. The summed E-state index contributed by atoms with van der Waals surface area (Å²) in [5, 5.41) is 5.58. The van der Waals surface area contributed by atoms with Crippen molar-refractivity contribution in [1.29, 1.82) is 0 Å². The minimum atomic E-state index is -0.999. The van der Waals surface area contributed by atoms with E-state index in [-0.39, 0.29) is 23.7 Å². The second-order valence-corrected chi connectivity index (χ2v) is 11.2. The minimum Gasteiger partial charge on any atom is -0.444 e. The predicted molar refractivity (Wildman–Crippen MR) is 133 cm³/mol. The number of hydrogen-bond acceptors (Lipinski definition) is 6. The Labute approximate surface area is 210 Å². The van der Waals surface area contributed by atoms with E-state index in [4.69, 9.17) is 9.47 Å². The molecule has 2 fully saturated rings. The number of carbonyl (C=O) groups is 4. The van der Waals surface area contributed by atoms with Gasteiger partial charge in [-0.25, -0.2) is 4.79 Å². The third kappa shape index (κ3) is 8.78. The number of fused-ring (bicyclic) bond motifs is 1. The molecule has 0 spiro atoms. The van der Waals surface area contributed by atoms with Crippen LogP contribution < -0.4 is 10.6 Å². The van der Waals surface area contributed by atoms with Gasteiger partial charge < -0.3 is 29.8 Å². The monoisotopic (exact) mass is 495 g/mol. The maximum atomic E-state index is 13.8. The van der Waals surface area contributed by atoms with Crippen LogP contribution in [0.4, 0.5) is 4.79 Å². The van der Waals surface area contributed by atoms with Crippen LogP contribution in [-0.4, -0.2) is 72.1 Å². The maximum Gasteiger partial charge on any atom is 0.408 e. The van der Waals surface area contributed by atoms with Crippen molar-refractivity contribution in [3.05, 3.63) is 0 Å². The summed E-state index contributed by atoms with van der Waals surface area (Å²) in [6.07, 6.45) is 5.36. The minimum absolute atomic E-state index is 0.0523. The van der Waals surface area contributed by atoms with E-state index in [1.807, 2.05) is 13.8 Å². The second kappa shape index (κ2) is 13.2. The number of aldehydes is 1. The fourth-order valence-electron chi connectivity index (χ4n) is 4.89. The quantitative estimate of drug-likeness (QED) is 0.581. The lowest BCUT2D eigenvalue weighted by atomic mass is 9.88. The van der Waals surface area contributed by atoms with E-state index < -0.39 is 35.9 Å². The molecule has 2 saturated heterocycles. The molecular formula is C26H45N3O6. The first-order valence-corrected chi connectivity index (χ1v) is 13.1. The predicted octanol–water partition coefficient (Wildman–Crippen LogP) is 3.20. The van der Waals surface area contributed by atoms with Gasteiger partial charge in [-0.2, -0.15) is 0 Å². The highest BCUT2D eigenvalue weighted by Gasteiger charge is 2.46. The van der Waals surface area contributed by atoms with Crippen LogP contribution in [-0.2, 0) is 23.9 Å². The summed E-state index contributed by atoms with van der Waals surface area (Å²) in [7, 11) is 0. The lowest BCUT2D eigenvalue weighted by Gasteiger charge is -2.34. The topological polar surface area (TPSA) is 114 Å². The van der Waals surface area contributed by atoms with Crippen molar-refractivity contribution in [3.8, 4) is 0 Å². The summed E-state index contributed by atoms with van der Waals surface area (Å²) in [6.45, 7) is 12.0. The Kier molecular flexibility index (Phi) is 11.0. The van der Waals surface area contributed by atoms with E-state index in [2.05, 4.69) is 10.6 Å². The molecule has 3 amide bonds. The van der Waals surface area contributed by atoms with Gasteiger partial charge in [0, 0.05) is 13.2 Å². The highest BCUT2D eigenvalue weighted by molar-refractivity contribution is 5.93. The number of nitrogens with one attached hydrogen (secondary N) is 2. The van der Waals surface area contributed by atoms with Gasteiger partial charge in [-0.15, -0.1) is 0 Å². The SMILES string of the molecule is CC(C)C1CCN2C(=O)[C@@H](NC(=O)OC(C)(C)C)[C@H](C)OCCCCCCC[C@@H](C=O)NC(=O)[C@H]12. The van der Waals surface area contributed by atoms with Crippen LogP contribution >= 0.6 is 0 Å². The van der Waals surface area contributed by atoms with Crippen LogP contribution in [0.2, 0.25) is 0 Å². The molecule has 0 bridgehead atoms. The van der Waals surface area contributed by atoms with Crippen LogP contribution in [0.1, 0.15) is 86.5 Å². The van der Waals surface area contributed by atoms with Crippen molar-refractivity contribution in [1.82, 2.24) is 15.5 Å². The first-order chi connectivity index (χ1) is 16.4. The van der Waals surface area contributed by atoms with Crippen molar-refractivity contribution in [2.24, 2.45) is 11.8 Å². The number of nitrogens with zero attached hydrogens (tertiary/aromatic N) is 1. The summed E-state index contributed by atoms with van der Waals surface area (Å²) in [5.41, 5.74) is -0.724. The van der Waals surface area contributed by atoms with E-state index in [0.717, 1.165) is 38.4 Å². The van der Waals surface area contributed by atoms with E-state index >= 15 is 0 Å². The smallest absolute Gasteiger partial charge is 0.408 e. The molecule has 0 radical (unpaired) electrons. The Morgan fingerprint density at radius 2 is 1.80 bits per heavy atom. The number of hydrogen-bond donors (Lipinski definition) is 2. The normalized spacial score (nSPS) is 29.9. The average molecular weight is 496 g/mol. The summed E-state index contributed by atoms with van der Waals surface area (Å²) in [5.74, 6) is -0.581. The first kappa shape index (κ1) is 29.1. The molecule has 0 aromatic heterocycles. The summed E-state index contributed by atoms with van der Waals surface area (Å²) >= 11 is 0. The number of carbonyl (C=O) groups excluding carboxylic acids is 4. The number of alkyl carbamates (subject to hydrolysis) is 1. The van der Waals surface area contributed by atoms with Crippen LogP contribution in [0.5, 0.6) is 0 Å². The van der Waals surface area contributed by atoms with Crippen molar-refractivity contribution < 1.29 is 28.7 Å². The third-order valence-electron chi connectivity index (χ3n) is 6.79. The van der Waals surface area contributed by atoms with E-state index in [1.165, 1.54) is 0 Å². The van der Waals surface area contributed by atoms with Crippen LogP contribution in [0.15, 0.2) is 0 Å². The number of rotatable bonds is 3. The molecule has 0 aliphatic carbocycles. The molecule has 200 valence electrons. The van der Waals surface area contributed by atoms with Gasteiger partial charge in [-0.1, -0.05) is 39.5 Å². The van der Waals surface area contributed by atoms with Crippen molar-refractivity contribution in [2.75, 3.05) is 13.2 Å². The van der Waals surface area contributed by atoms with Crippen molar-refractivity contribution in [3.63, 3.8) is 0 Å². The molecule has 2 aliphatic rings. The molecule has 2 N–H and O–H groups in total. The molecule has 35 heavy (non-hydrogen) atoms. The van der Waals surface area contributed by atoms with Gasteiger partial charge in [0.2, 0.25) is 11.8 Å². The summed E-state index contributed by atoms with van der Waals surface area (Å²) in [4.78, 5) is 53.1. The summed E-state index contributed by atoms with van der Waals surface area (Å²) in [6, 6.07) is -2.28. The Balaban J connectivity index is 2.35. The van der Waals surface area contributed by atoms with Crippen LogP contribution in [0.3, 0.4) is 0 Å². The summed E-state index contributed by atoms with van der Waals surface area (Å²) < 4.78 is 11.4. The molecule has 0 aromatic carbocycles. The first-order valence-electron chi connectivity index (χ1n) is 13.1. The molecule has 2 heterocycles. The zero-order valence-corrected chi connectivity index (χ0v) is 22.3. The Hall–Kier alpha value is -2.16. The molecule has 2 aliphatic heterocycles. The molecule has 5 atom stereocenters. The van der Waals surface area contributed by atoms with Gasteiger partial charge >= 0.3 is 6.09 Å². The lowest BCUT2D eigenvalue weighted by Crippen LogP contribution is -2.59. The number of amides is 3. The fraction of sp³-hybridized carbons (Fsp3) is 0.846. The second-order valence-electron chi connectivity index (χ2n) is 11.2. The van der Waals surface area contributed by atoms with Gasteiger partial charge in [-0.05, 0) is 58.8 Å². The molecule has 0 aromatic rings. The Morgan fingerprint density at radius 1 is 1.14 bits per heavy atom. The van der Waals surface area contributed by atoms with Crippen molar-refractivity contribution >= 4 is 24.2 Å².